The van der Waals surface area contributed by atoms with Gasteiger partial charge in [-0.3, -0.25) is 14.8 Å². The summed E-state index contributed by atoms with van der Waals surface area (Å²) in [5.74, 6) is -0.170. The van der Waals surface area contributed by atoms with E-state index in [0.717, 1.165) is 6.07 Å². The summed E-state index contributed by atoms with van der Waals surface area (Å²) < 4.78 is 27.1. The first-order chi connectivity index (χ1) is 9.79. The third kappa shape index (κ3) is 3.47. The van der Waals surface area contributed by atoms with Crippen molar-refractivity contribution in [1.82, 2.24) is 4.98 Å². The number of rotatable bonds is 4. The highest BCUT2D eigenvalue weighted by atomic mass is 79.9. The first kappa shape index (κ1) is 15.2. The largest absolute Gasteiger partial charge is 0.383 e. The van der Waals surface area contributed by atoms with Crippen LogP contribution in [0.3, 0.4) is 0 Å². The van der Waals surface area contributed by atoms with Crippen molar-refractivity contribution < 1.29 is 13.3 Å². The highest BCUT2D eigenvalue weighted by molar-refractivity contribution is 9.10. The molecule has 8 nitrogen and oxygen atoms in total. The summed E-state index contributed by atoms with van der Waals surface area (Å²) in [6.45, 7) is 0. The molecule has 3 N–H and O–H groups in total. The summed E-state index contributed by atoms with van der Waals surface area (Å²) >= 11 is 3.11. The summed E-state index contributed by atoms with van der Waals surface area (Å²) in [5, 5.41) is 10.7. The second-order valence-electron chi connectivity index (χ2n) is 3.95. The summed E-state index contributed by atoms with van der Waals surface area (Å²) in [6.07, 6.45) is 1.36. The molecule has 10 heteroatoms. The number of nitrogens with two attached hydrogens (primary N) is 1. The Balaban J connectivity index is 2.40. The number of halogens is 1. The molecule has 0 saturated heterocycles. The fourth-order valence-electron chi connectivity index (χ4n) is 1.54. The Morgan fingerprint density at radius 3 is 2.71 bits per heavy atom. The first-order valence-electron chi connectivity index (χ1n) is 5.48. The Labute approximate surface area is 128 Å². The van der Waals surface area contributed by atoms with Gasteiger partial charge in [0, 0.05) is 22.8 Å². The molecule has 0 unspecified atom stereocenters. The number of nitrogens with zero attached hydrogens (tertiary/aromatic N) is 2. The van der Waals surface area contributed by atoms with Crippen molar-refractivity contribution in [2.24, 2.45) is 0 Å². The highest BCUT2D eigenvalue weighted by Crippen LogP contribution is 2.24. The molecule has 21 heavy (non-hydrogen) atoms. The third-order valence-corrected chi connectivity index (χ3v) is 4.29. The average Bonchev–Trinajstić information content (AvgIpc) is 2.41. The van der Waals surface area contributed by atoms with Crippen molar-refractivity contribution in [3.05, 3.63) is 51.1 Å². The number of non-ortho nitro benzene ring substituents is 1. The number of nitrogen functional groups attached to an aromatic ring is 1. The second kappa shape index (κ2) is 5.66. The smallest absolute Gasteiger partial charge is 0.271 e. The van der Waals surface area contributed by atoms with Crippen LogP contribution in [-0.2, 0) is 10.0 Å². The van der Waals surface area contributed by atoms with E-state index in [1.54, 1.807) is 0 Å². The molecule has 0 aliphatic heterocycles. The van der Waals surface area contributed by atoms with E-state index in [0.29, 0.717) is 4.47 Å². The van der Waals surface area contributed by atoms with Gasteiger partial charge >= 0.3 is 0 Å². The minimum atomic E-state index is -4.00. The van der Waals surface area contributed by atoms with Gasteiger partial charge < -0.3 is 5.73 Å². The maximum absolute atomic E-state index is 12.2. The number of benzene rings is 1. The predicted octanol–water partition coefficient (Wildman–Crippen LogP) is 2.14. The van der Waals surface area contributed by atoms with E-state index in [4.69, 9.17) is 5.73 Å². The van der Waals surface area contributed by atoms with E-state index >= 15 is 0 Å². The fraction of sp³-hybridized carbons (Fsp3) is 0. The second-order valence-corrected chi connectivity index (χ2v) is 6.52. The van der Waals surface area contributed by atoms with Crippen LogP contribution in [0.1, 0.15) is 0 Å². The first-order valence-corrected chi connectivity index (χ1v) is 7.75. The summed E-state index contributed by atoms with van der Waals surface area (Å²) in [7, 11) is -4.00. The summed E-state index contributed by atoms with van der Waals surface area (Å²) in [5.41, 5.74) is 5.38. The Hall–Kier alpha value is -2.20. The van der Waals surface area contributed by atoms with Crippen LogP contribution < -0.4 is 10.5 Å². The lowest BCUT2D eigenvalue weighted by molar-refractivity contribution is -0.384. The molecule has 1 aromatic carbocycles. The minimum absolute atomic E-state index is 0.0589. The molecular formula is C11H9BrN4O4S. The van der Waals surface area contributed by atoms with Crippen LogP contribution in [0.5, 0.6) is 0 Å². The van der Waals surface area contributed by atoms with Gasteiger partial charge in [-0.05, 0) is 28.1 Å². The zero-order valence-corrected chi connectivity index (χ0v) is 12.8. The monoisotopic (exact) mass is 372 g/mol. The number of aromatic nitrogens is 1. The van der Waals surface area contributed by atoms with Gasteiger partial charge in [0.1, 0.15) is 10.7 Å². The van der Waals surface area contributed by atoms with E-state index < -0.39 is 14.9 Å². The van der Waals surface area contributed by atoms with E-state index in [2.05, 4.69) is 25.6 Å². The number of anilines is 2. The predicted molar refractivity (Wildman–Crippen MR) is 80.3 cm³/mol. The van der Waals surface area contributed by atoms with Crippen LogP contribution in [0.25, 0.3) is 0 Å². The number of hydrogen-bond acceptors (Lipinski definition) is 6. The standard InChI is InChI=1S/C11H9BrN4O4S/c12-7-4-10(11(13)14-6-7)21(19,20)15-8-2-1-3-9(5-8)16(17)18/h1-6,15H,(H2,13,14). The maximum Gasteiger partial charge on any atom is 0.271 e. The lowest BCUT2D eigenvalue weighted by Crippen LogP contribution is -2.15. The number of sulfonamides is 1. The maximum atomic E-state index is 12.2. The van der Waals surface area contributed by atoms with Gasteiger partial charge in [-0.1, -0.05) is 6.07 Å². The van der Waals surface area contributed by atoms with Gasteiger partial charge in [0.15, 0.2) is 0 Å². The van der Waals surface area contributed by atoms with Crippen molar-refractivity contribution in [2.75, 3.05) is 10.5 Å². The molecule has 110 valence electrons. The molecule has 0 saturated carbocycles. The number of hydrogen-bond donors (Lipinski definition) is 2. The Morgan fingerprint density at radius 1 is 1.33 bits per heavy atom. The quantitative estimate of drug-likeness (QED) is 0.624. The van der Waals surface area contributed by atoms with Gasteiger partial charge in [0.05, 0.1) is 10.6 Å². The molecule has 1 aromatic heterocycles. The van der Waals surface area contributed by atoms with E-state index in [9.17, 15) is 18.5 Å². The number of nitro groups is 1. The van der Waals surface area contributed by atoms with Crippen LogP contribution in [0.4, 0.5) is 17.2 Å². The zero-order valence-electron chi connectivity index (χ0n) is 10.4. The van der Waals surface area contributed by atoms with E-state index in [1.807, 2.05) is 0 Å². The lowest BCUT2D eigenvalue weighted by Gasteiger charge is -2.09. The van der Waals surface area contributed by atoms with Gasteiger partial charge in [-0.2, -0.15) is 0 Å². The minimum Gasteiger partial charge on any atom is -0.383 e. The normalized spacial score (nSPS) is 11.1. The summed E-state index contributed by atoms with van der Waals surface area (Å²) in [6, 6.07) is 6.43. The van der Waals surface area contributed by atoms with Crippen molar-refractivity contribution in [1.29, 1.82) is 0 Å². The fourth-order valence-corrected chi connectivity index (χ4v) is 3.18. The molecule has 0 radical (unpaired) electrons. The van der Waals surface area contributed by atoms with Crippen LogP contribution in [0.15, 0.2) is 45.9 Å². The topological polar surface area (TPSA) is 128 Å². The Kier molecular flexibility index (Phi) is 4.09. The van der Waals surface area contributed by atoms with Crippen LogP contribution >= 0.6 is 15.9 Å². The van der Waals surface area contributed by atoms with Crippen molar-refractivity contribution >= 4 is 43.1 Å². The molecule has 2 rings (SSSR count). The van der Waals surface area contributed by atoms with Gasteiger partial charge in [-0.25, -0.2) is 13.4 Å². The van der Waals surface area contributed by atoms with Gasteiger partial charge in [0.2, 0.25) is 0 Å². The highest BCUT2D eigenvalue weighted by Gasteiger charge is 2.20. The molecule has 0 amide bonds. The number of nitrogens with one attached hydrogen (secondary N) is 1. The van der Waals surface area contributed by atoms with Crippen molar-refractivity contribution in [3.63, 3.8) is 0 Å². The van der Waals surface area contributed by atoms with Crippen molar-refractivity contribution in [2.45, 2.75) is 4.90 Å². The number of nitro benzene ring substituents is 1. The molecule has 2 aromatic rings. The molecule has 0 bridgehead atoms. The third-order valence-electron chi connectivity index (χ3n) is 2.45. The molecule has 1 heterocycles. The Morgan fingerprint density at radius 2 is 2.05 bits per heavy atom. The molecule has 0 aliphatic carbocycles. The van der Waals surface area contributed by atoms with Crippen LogP contribution in [-0.4, -0.2) is 18.3 Å². The molecule has 0 aliphatic rings. The number of pyridine rings is 1. The van der Waals surface area contributed by atoms with E-state index in [-0.39, 0.29) is 22.1 Å². The van der Waals surface area contributed by atoms with Gasteiger partial charge in [-0.15, -0.1) is 0 Å². The molecule has 0 spiro atoms. The van der Waals surface area contributed by atoms with Crippen molar-refractivity contribution in [3.8, 4) is 0 Å². The molecule has 0 fully saturated rings. The Bertz CT molecular complexity index is 810. The SMILES string of the molecule is Nc1ncc(Br)cc1S(=O)(=O)Nc1cccc([N+](=O)[O-])c1. The lowest BCUT2D eigenvalue weighted by atomic mass is 10.3. The summed E-state index contributed by atoms with van der Waals surface area (Å²) in [4.78, 5) is 13.6. The molecule has 0 atom stereocenters. The van der Waals surface area contributed by atoms with E-state index in [1.165, 1.54) is 30.5 Å². The van der Waals surface area contributed by atoms with Crippen LogP contribution in [0.2, 0.25) is 0 Å². The molecular weight excluding hydrogens is 364 g/mol. The van der Waals surface area contributed by atoms with Crippen LogP contribution in [0, 0.1) is 10.1 Å². The van der Waals surface area contributed by atoms with Gasteiger partial charge in [0.25, 0.3) is 15.7 Å². The average molecular weight is 373 g/mol. The zero-order chi connectivity index (χ0) is 15.6.